The number of nitrogens with zero attached hydrogens (tertiary/aromatic N) is 1. The Labute approximate surface area is 130 Å². The summed E-state index contributed by atoms with van der Waals surface area (Å²) in [7, 11) is 0. The molecule has 4 nitrogen and oxygen atoms in total. The number of amides is 1. The summed E-state index contributed by atoms with van der Waals surface area (Å²) in [5, 5.41) is 3.31. The van der Waals surface area contributed by atoms with Crippen molar-refractivity contribution >= 4 is 5.91 Å². The van der Waals surface area contributed by atoms with Gasteiger partial charge in [0.1, 0.15) is 0 Å². The largest absolute Gasteiger partial charge is 0.368 e. The van der Waals surface area contributed by atoms with Crippen molar-refractivity contribution in [3.8, 4) is 0 Å². The highest BCUT2D eigenvalue weighted by Gasteiger charge is 2.29. The highest BCUT2D eigenvalue weighted by atomic mass is 16.1. The average molecular weight is 297 g/mol. The quantitative estimate of drug-likeness (QED) is 0.643. The van der Waals surface area contributed by atoms with E-state index in [1.807, 2.05) is 6.92 Å². The van der Waals surface area contributed by atoms with Gasteiger partial charge in [-0.25, -0.2) is 0 Å². The average Bonchev–Trinajstić information content (AvgIpc) is 2.45. The zero-order valence-corrected chi connectivity index (χ0v) is 14.5. The first-order valence-electron chi connectivity index (χ1n) is 8.69. The highest BCUT2D eigenvalue weighted by molar-refractivity contribution is 5.84. The van der Waals surface area contributed by atoms with E-state index in [1.54, 1.807) is 0 Å². The molecule has 0 aromatic heterocycles. The van der Waals surface area contributed by atoms with Crippen molar-refractivity contribution in [1.82, 2.24) is 10.2 Å². The van der Waals surface area contributed by atoms with Crippen LogP contribution in [-0.4, -0.2) is 42.0 Å². The molecule has 0 radical (unpaired) electrons. The van der Waals surface area contributed by atoms with Crippen molar-refractivity contribution in [2.24, 2.45) is 11.7 Å². The van der Waals surface area contributed by atoms with Crippen LogP contribution < -0.4 is 11.1 Å². The number of hydrogen-bond donors (Lipinski definition) is 2. The maximum Gasteiger partial charge on any atom is 0.237 e. The van der Waals surface area contributed by atoms with Crippen LogP contribution in [0.2, 0.25) is 0 Å². The molecule has 1 aliphatic heterocycles. The molecule has 4 heteroatoms. The van der Waals surface area contributed by atoms with Gasteiger partial charge < -0.3 is 16.0 Å². The first kappa shape index (κ1) is 18.4. The Balaban J connectivity index is 2.32. The Kier molecular flexibility index (Phi) is 7.67. The molecule has 0 saturated carbocycles. The Morgan fingerprint density at radius 1 is 1.38 bits per heavy atom. The molecule has 1 fully saturated rings. The lowest BCUT2D eigenvalue weighted by atomic mass is 9.91. The van der Waals surface area contributed by atoms with Gasteiger partial charge in [0.25, 0.3) is 0 Å². The minimum atomic E-state index is -0.545. The Morgan fingerprint density at radius 2 is 2.10 bits per heavy atom. The summed E-state index contributed by atoms with van der Waals surface area (Å²) in [5.74, 6) is 0.580. The molecule has 1 heterocycles. The first-order chi connectivity index (χ1) is 9.90. The second-order valence-electron chi connectivity index (χ2n) is 6.98. The van der Waals surface area contributed by atoms with Gasteiger partial charge in [-0.05, 0) is 77.9 Å². The molecule has 21 heavy (non-hydrogen) atoms. The minimum Gasteiger partial charge on any atom is -0.368 e. The fraction of sp³-hybridized carbons (Fsp3) is 0.941. The van der Waals surface area contributed by atoms with Crippen molar-refractivity contribution < 1.29 is 4.79 Å². The number of piperidine rings is 1. The summed E-state index contributed by atoms with van der Waals surface area (Å²) in [6.07, 6.45) is 6.73. The number of nitrogens with one attached hydrogen (secondary N) is 1. The molecule has 3 atom stereocenters. The van der Waals surface area contributed by atoms with E-state index in [2.05, 4.69) is 31.0 Å². The Hall–Kier alpha value is -0.610. The molecule has 1 rings (SSSR count). The van der Waals surface area contributed by atoms with E-state index in [1.165, 1.54) is 19.4 Å². The molecular formula is C17H35N3O. The van der Waals surface area contributed by atoms with Crippen molar-refractivity contribution in [2.75, 3.05) is 19.6 Å². The van der Waals surface area contributed by atoms with Gasteiger partial charge in [0, 0.05) is 6.04 Å². The fourth-order valence-corrected chi connectivity index (χ4v) is 3.23. The number of carbonyl (C=O) groups excluding carboxylic acids is 1. The number of unbranched alkanes of at least 4 members (excludes halogenated alkanes) is 1. The third-order valence-electron chi connectivity index (χ3n) is 5.19. The fourth-order valence-electron chi connectivity index (χ4n) is 3.23. The second-order valence-corrected chi connectivity index (χ2v) is 6.98. The van der Waals surface area contributed by atoms with Gasteiger partial charge in [-0.3, -0.25) is 4.79 Å². The van der Waals surface area contributed by atoms with E-state index < -0.39 is 5.54 Å². The van der Waals surface area contributed by atoms with Gasteiger partial charge in [0.15, 0.2) is 0 Å². The predicted octanol–water partition coefficient (Wildman–Crippen LogP) is 2.52. The van der Waals surface area contributed by atoms with Crippen molar-refractivity contribution in [1.29, 1.82) is 0 Å². The zero-order valence-electron chi connectivity index (χ0n) is 14.5. The molecule has 3 unspecified atom stereocenters. The number of rotatable bonds is 9. The van der Waals surface area contributed by atoms with Gasteiger partial charge in [-0.1, -0.05) is 13.8 Å². The predicted molar refractivity (Wildman–Crippen MR) is 89.2 cm³/mol. The number of primary amides is 1. The van der Waals surface area contributed by atoms with Crippen LogP contribution in [-0.2, 0) is 4.79 Å². The molecular weight excluding hydrogens is 262 g/mol. The third-order valence-corrected chi connectivity index (χ3v) is 5.19. The van der Waals surface area contributed by atoms with Crippen LogP contribution in [0.5, 0.6) is 0 Å². The lowest BCUT2D eigenvalue weighted by molar-refractivity contribution is -0.124. The van der Waals surface area contributed by atoms with E-state index in [4.69, 9.17) is 5.73 Å². The molecule has 0 bridgehead atoms. The van der Waals surface area contributed by atoms with E-state index in [9.17, 15) is 4.79 Å². The van der Waals surface area contributed by atoms with Crippen LogP contribution in [0.1, 0.15) is 66.2 Å². The molecule has 1 aliphatic rings. The van der Waals surface area contributed by atoms with Crippen LogP contribution >= 0.6 is 0 Å². The van der Waals surface area contributed by atoms with Crippen LogP contribution in [0, 0.1) is 5.92 Å². The molecule has 3 N–H and O–H groups in total. The summed E-state index contributed by atoms with van der Waals surface area (Å²) in [5.41, 5.74) is 5.02. The summed E-state index contributed by atoms with van der Waals surface area (Å²) < 4.78 is 0. The van der Waals surface area contributed by atoms with Crippen molar-refractivity contribution in [3.63, 3.8) is 0 Å². The van der Waals surface area contributed by atoms with Crippen LogP contribution in [0.25, 0.3) is 0 Å². The zero-order chi connectivity index (χ0) is 15.9. The minimum absolute atomic E-state index is 0.226. The second kappa shape index (κ2) is 8.74. The van der Waals surface area contributed by atoms with Crippen LogP contribution in [0.3, 0.4) is 0 Å². The maximum absolute atomic E-state index is 11.7. The summed E-state index contributed by atoms with van der Waals surface area (Å²) in [4.78, 5) is 14.3. The number of nitrogens with two attached hydrogens (primary N) is 1. The van der Waals surface area contributed by atoms with Crippen LogP contribution in [0.15, 0.2) is 0 Å². The number of carbonyl (C=O) groups is 1. The van der Waals surface area contributed by atoms with Crippen molar-refractivity contribution in [3.05, 3.63) is 0 Å². The standard InChI is InChI=1S/C17H35N3O/c1-5-11-19-17(4,16(18)21)10-6-7-12-20-13-8-9-14(2)15(20)3/h14-15,19H,5-13H2,1-4H3,(H2,18,21). The first-order valence-corrected chi connectivity index (χ1v) is 8.69. The third kappa shape index (κ3) is 5.59. The van der Waals surface area contributed by atoms with Gasteiger partial charge in [-0.2, -0.15) is 0 Å². The Morgan fingerprint density at radius 3 is 2.71 bits per heavy atom. The molecule has 0 aromatic rings. The van der Waals surface area contributed by atoms with E-state index in [0.717, 1.165) is 44.7 Å². The molecule has 124 valence electrons. The highest BCUT2D eigenvalue weighted by Crippen LogP contribution is 2.23. The van der Waals surface area contributed by atoms with E-state index in [0.29, 0.717) is 6.04 Å². The normalized spacial score (nSPS) is 26.5. The molecule has 0 aliphatic carbocycles. The van der Waals surface area contributed by atoms with E-state index >= 15 is 0 Å². The summed E-state index contributed by atoms with van der Waals surface area (Å²) >= 11 is 0. The molecule has 0 aromatic carbocycles. The SMILES string of the molecule is CCCNC(C)(CCCCN1CCCC(C)C1C)C(N)=O. The topological polar surface area (TPSA) is 58.4 Å². The van der Waals surface area contributed by atoms with Gasteiger partial charge >= 0.3 is 0 Å². The smallest absolute Gasteiger partial charge is 0.237 e. The number of likely N-dealkylation sites (tertiary alicyclic amines) is 1. The lowest BCUT2D eigenvalue weighted by Crippen LogP contribution is -2.53. The Bertz CT molecular complexity index is 321. The summed E-state index contributed by atoms with van der Waals surface area (Å²) in [6.45, 7) is 12.0. The summed E-state index contributed by atoms with van der Waals surface area (Å²) in [6, 6.07) is 0.694. The lowest BCUT2D eigenvalue weighted by Gasteiger charge is -2.38. The van der Waals surface area contributed by atoms with E-state index in [-0.39, 0.29) is 5.91 Å². The van der Waals surface area contributed by atoms with Crippen LogP contribution in [0.4, 0.5) is 0 Å². The maximum atomic E-state index is 11.7. The molecule has 0 spiro atoms. The monoisotopic (exact) mass is 297 g/mol. The molecule has 1 amide bonds. The number of hydrogen-bond acceptors (Lipinski definition) is 3. The molecule has 1 saturated heterocycles. The van der Waals surface area contributed by atoms with Gasteiger partial charge in [0.2, 0.25) is 5.91 Å². The van der Waals surface area contributed by atoms with Gasteiger partial charge in [0.05, 0.1) is 5.54 Å². The van der Waals surface area contributed by atoms with Crippen molar-refractivity contribution in [2.45, 2.75) is 77.8 Å². The van der Waals surface area contributed by atoms with Gasteiger partial charge in [-0.15, -0.1) is 0 Å².